The molecule has 24 heavy (non-hydrogen) atoms. The van der Waals surface area contributed by atoms with Gasteiger partial charge in [-0.05, 0) is 43.1 Å². The highest BCUT2D eigenvalue weighted by Gasteiger charge is 2.23. The molecule has 0 N–H and O–H groups in total. The molecule has 0 saturated carbocycles. The summed E-state index contributed by atoms with van der Waals surface area (Å²) in [6.07, 6.45) is 2.92. The molecule has 1 unspecified atom stereocenters. The molecule has 2 aromatic heterocycles. The monoisotopic (exact) mass is 371 g/mol. The van der Waals surface area contributed by atoms with Crippen molar-refractivity contribution in [1.29, 1.82) is 0 Å². The van der Waals surface area contributed by atoms with Gasteiger partial charge in [0.15, 0.2) is 0 Å². The van der Waals surface area contributed by atoms with Crippen molar-refractivity contribution in [3.05, 3.63) is 46.5 Å². The highest BCUT2D eigenvalue weighted by molar-refractivity contribution is 7.09. The Kier molecular flexibility index (Phi) is 9.76. The number of halogens is 1. The summed E-state index contributed by atoms with van der Waals surface area (Å²) >= 11 is 1.67. The van der Waals surface area contributed by atoms with Crippen molar-refractivity contribution in [2.45, 2.75) is 26.7 Å². The number of carbonyl (C=O) groups is 1. The van der Waals surface area contributed by atoms with E-state index in [-0.39, 0.29) is 24.3 Å². The summed E-state index contributed by atoms with van der Waals surface area (Å²) in [4.78, 5) is 15.9. The number of likely N-dealkylation sites (N-methyl/N-ethyl adjacent to an activating group) is 1. The van der Waals surface area contributed by atoms with E-state index in [0.29, 0.717) is 19.4 Å². The minimum absolute atomic E-state index is 0. The van der Waals surface area contributed by atoms with Gasteiger partial charge in [-0.1, -0.05) is 19.9 Å². The standard InChI is InChI=1S/C18H25NO3S.ClH/c1-3-19(4-2)9-11-22-18(20)15(13-16-7-5-10-21-16)14-17-8-6-12-23-17;/h5-8,10,12,15H,3-4,9,11,13-14H2,1-2H3;1H. The molecule has 2 aromatic rings. The molecule has 134 valence electrons. The summed E-state index contributed by atoms with van der Waals surface area (Å²) < 4.78 is 10.9. The zero-order valence-corrected chi connectivity index (χ0v) is 15.9. The normalized spacial score (nSPS) is 12.0. The average molecular weight is 372 g/mol. The summed E-state index contributed by atoms with van der Waals surface area (Å²) in [6, 6.07) is 7.83. The number of carbonyl (C=O) groups excluding carboxylic acids is 1. The highest BCUT2D eigenvalue weighted by Crippen LogP contribution is 2.20. The zero-order valence-electron chi connectivity index (χ0n) is 14.3. The molecular formula is C18H26ClNO3S. The number of ether oxygens (including phenoxy) is 1. The second-order valence-electron chi connectivity index (χ2n) is 5.46. The molecule has 6 heteroatoms. The molecule has 0 aliphatic carbocycles. The smallest absolute Gasteiger partial charge is 0.309 e. The first-order chi connectivity index (χ1) is 11.2. The lowest BCUT2D eigenvalue weighted by Crippen LogP contribution is -2.30. The van der Waals surface area contributed by atoms with Crippen LogP contribution in [0.4, 0.5) is 0 Å². The average Bonchev–Trinajstić information content (AvgIpc) is 3.24. The van der Waals surface area contributed by atoms with Gasteiger partial charge in [-0.2, -0.15) is 0 Å². The van der Waals surface area contributed by atoms with Crippen molar-refractivity contribution in [3.63, 3.8) is 0 Å². The predicted octanol–water partition coefficient (Wildman–Crippen LogP) is 4.05. The van der Waals surface area contributed by atoms with E-state index in [4.69, 9.17) is 9.15 Å². The molecule has 0 spiro atoms. The van der Waals surface area contributed by atoms with Crippen molar-refractivity contribution >= 4 is 29.7 Å². The number of furan rings is 1. The summed E-state index contributed by atoms with van der Waals surface area (Å²) in [5.74, 6) is 0.491. The Labute approximate surface area is 154 Å². The lowest BCUT2D eigenvalue weighted by atomic mass is 9.99. The first-order valence-corrected chi connectivity index (χ1v) is 9.04. The molecule has 0 saturated heterocycles. The molecular weight excluding hydrogens is 346 g/mol. The van der Waals surface area contributed by atoms with E-state index in [2.05, 4.69) is 24.8 Å². The van der Waals surface area contributed by atoms with Gasteiger partial charge in [-0.3, -0.25) is 4.79 Å². The van der Waals surface area contributed by atoms with Gasteiger partial charge in [0, 0.05) is 17.8 Å². The molecule has 0 amide bonds. The molecule has 0 aliphatic rings. The fourth-order valence-electron chi connectivity index (χ4n) is 2.52. The van der Waals surface area contributed by atoms with Gasteiger partial charge in [0.25, 0.3) is 0 Å². The van der Waals surface area contributed by atoms with E-state index < -0.39 is 0 Å². The quantitative estimate of drug-likeness (QED) is 0.591. The summed E-state index contributed by atoms with van der Waals surface area (Å²) in [5, 5.41) is 2.03. The number of thiophene rings is 1. The van der Waals surface area contributed by atoms with Gasteiger partial charge >= 0.3 is 5.97 Å². The molecule has 0 fully saturated rings. The van der Waals surface area contributed by atoms with Crippen LogP contribution in [-0.2, 0) is 22.4 Å². The summed E-state index contributed by atoms with van der Waals surface area (Å²) in [7, 11) is 0. The molecule has 1 atom stereocenters. The fourth-order valence-corrected chi connectivity index (χ4v) is 3.30. The zero-order chi connectivity index (χ0) is 16.5. The van der Waals surface area contributed by atoms with Gasteiger partial charge < -0.3 is 14.1 Å². The van der Waals surface area contributed by atoms with Crippen LogP contribution in [0, 0.1) is 5.92 Å². The van der Waals surface area contributed by atoms with Crippen LogP contribution in [0.25, 0.3) is 0 Å². The van der Waals surface area contributed by atoms with Crippen LogP contribution in [0.2, 0.25) is 0 Å². The van der Waals surface area contributed by atoms with Crippen molar-refractivity contribution in [2.24, 2.45) is 5.92 Å². The third kappa shape index (κ3) is 6.67. The van der Waals surface area contributed by atoms with E-state index in [9.17, 15) is 4.79 Å². The van der Waals surface area contributed by atoms with Crippen molar-refractivity contribution < 1.29 is 13.9 Å². The fraction of sp³-hybridized carbons (Fsp3) is 0.500. The Morgan fingerprint density at radius 3 is 2.62 bits per heavy atom. The second-order valence-corrected chi connectivity index (χ2v) is 6.49. The maximum atomic E-state index is 12.5. The number of esters is 1. The lowest BCUT2D eigenvalue weighted by molar-refractivity contribution is -0.149. The first-order valence-electron chi connectivity index (χ1n) is 8.16. The van der Waals surface area contributed by atoms with Gasteiger partial charge in [0.2, 0.25) is 0 Å². The van der Waals surface area contributed by atoms with Gasteiger partial charge in [-0.25, -0.2) is 0 Å². The minimum atomic E-state index is -0.198. The molecule has 0 bridgehead atoms. The molecule has 0 aromatic carbocycles. The predicted molar refractivity (Wildman–Crippen MR) is 99.9 cm³/mol. The van der Waals surface area contributed by atoms with E-state index in [0.717, 1.165) is 25.4 Å². The van der Waals surface area contributed by atoms with Gasteiger partial charge in [-0.15, -0.1) is 23.7 Å². The van der Waals surface area contributed by atoms with Crippen LogP contribution >= 0.6 is 23.7 Å². The van der Waals surface area contributed by atoms with Crippen LogP contribution in [0.5, 0.6) is 0 Å². The van der Waals surface area contributed by atoms with Crippen LogP contribution in [-0.4, -0.2) is 37.1 Å². The molecule has 2 heterocycles. The Morgan fingerprint density at radius 1 is 1.25 bits per heavy atom. The summed E-state index contributed by atoms with van der Waals surface area (Å²) in [5.41, 5.74) is 0. The van der Waals surface area contributed by atoms with Crippen LogP contribution in [0.15, 0.2) is 40.3 Å². The summed E-state index contributed by atoms with van der Waals surface area (Å²) in [6.45, 7) is 7.40. The van der Waals surface area contributed by atoms with Gasteiger partial charge in [0.05, 0.1) is 12.2 Å². The number of hydrogen-bond donors (Lipinski definition) is 0. The van der Waals surface area contributed by atoms with Crippen molar-refractivity contribution in [1.82, 2.24) is 4.90 Å². The second kappa shape index (κ2) is 11.3. The van der Waals surface area contributed by atoms with Gasteiger partial charge in [0.1, 0.15) is 12.4 Å². The van der Waals surface area contributed by atoms with Crippen molar-refractivity contribution in [2.75, 3.05) is 26.2 Å². The molecule has 2 rings (SSSR count). The SMILES string of the molecule is CCN(CC)CCOC(=O)C(Cc1ccco1)Cc1cccs1.Cl. The Bertz CT molecular complexity index is 517. The van der Waals surface area contributed by atoms with E-state index in [1.54, 1.807) is 17.6 Å². The topological polar surface area (TPSA) is 42.7 Å². The maximum Gasteiger partial charge on any atom is 0.309 e. The molecule has 4 nitrogen and oxygen atoms in total. The number of nitrogens with zero attached hydrogens (tertiary/aromatic N) is 1. The minimum Gasteiger partial charge on any atom is -0.469 e. The third-order valence-electron chi connectivity index (χ3n) is 3.93. The maximum absolute atomic E-state index is 12.5. The van der Waals surface area contributed by atoms with Crippen LogP contribution < -0.4 is 0 Å². The van der Waals surface area contributed by atoms with E-state index in [1.165, 1.54) is 4.88 Å². The Hall–Kier alpha value is -1.30. The molecule has 0 radical (unpaired) electrons. The number of rotatable bonds is 10. The Balaban J connectivity index is 0.00000288. The Morgan fingerprint density at radius 2 is 2.04 bits per heavy atom. The first kappa shape index (κ1) is 20.7. The lowest BCUT2D eigenvalue weighted by Gasteiger charge is -2.19. The molecule has 0 aliphatic heterocycles. The van der Waals surface area contributed by atoms with E-state index >= 15 is 0 Å². The highest BCUT2D eigenvalue weighted by atomic mass is 35.5. The van der Waals surface area contributed by atoms with Crippen LogP contribution in [0.1, 0.15) is 24.5 Å². The number of hydrogen-bond acceptors (Lipinski definition) is 5. The van der Waals surface area contributed by atoms with Crippen molar-refractivity contribution in [3.8, 4) is 0 Å². The van der Waals surface area contributed by atoms with E-state index in [1.807, 2.05) is 23.6 Å². The van der Waals surface area contributed by atoms with Crippen LogP contribution in [0.3, 0.4) is 0 Å². The largest absolute Gasteiger partial charge is 0.469 e. The third-order valence-corrected chi connectivity index (χ3v) is 4.83.